The van der Waals surface area contributed by atoms with E-state index in [4.69, 9.17) is 11.6 Å². The maximum Gasteiger partial charge on any atom is 0.139 e. The Morgan fingerprint density at radius 1 is 1.50 bits per heavy atom. The summed E-state index contributed by atoms with van der Waals surface area (Å²) in [7, 11) is 0. The molecule has 16 heavy (non-hydrogen) atoms. The molecule has 1 unspecified atom stereocenters. The fourth-order valence-corrected chi connectivity index (χ4v) is 2.46. The third-order valence-corrected chi connectivity index (χ3v) is 3.31. The van der Waals surface area contributed by atoms with Crippen molar-refractivity contribution in [3.05, 3.63) is 35.0 Å². The SMILES string of the molecule is Fc1ccc2nc(C3CCCN3)c(Cl)n2c1. The smallest absolute Gasteiger partial charge is 0.139 e. The Balaban J connectivity index is 2.15. The molecule has 1 aliphatic rings. The van der Waals surface area contributed by atoms with Gasteiger partial charge in [0, 0.05) is 6.20 Å². The monoisotopic (exact) mass is 239 g/mol. The molecule has 1 aliphatic heterocycles. The van der Waals surface area contributed by atoms with Crippen molar-refractivity contribution in [2.24, 2.45) is 0 Å². The fraction of sp³-hybridized carbons (Fsp3) is 0.364. The Morgan fingerprint density at radius 3 is 3.12 bits per heavy atom. The summed E-state index contributed by atoms with van der Waals surface area (Å²) >= 11 is 6.20. The molecule has 0 bridgehead atoms. The zero-order chi connectivity index (χ0) is 11.1. The second kappa shape index (κ2) is 3.71. The highest BCUT2D eigenvalue weighted by Gasteiger charge is 2.23. The molecule has 0 aromatic carbocycles. The van der Waals surface area contributed by atoms with Crippen LogP contribution in [0.2, 0.25) is 5.15 Å². The van der Waals surface area contributed by atoms with Gasteiger partial charge in [-0.05, 0) is 31.5 Å². The van der Waals surface area contributed by atoms with Crippen LogP contribution < -0.4 is 5.32 Å². The summed E-state index contributed by atoms with van der Waals surface area (Å²) in [6.45, 7) is 0.989. The Hall–Kier alpha value is -1.13. The first-order valence-corrected chi connectivity index (χ1v) is 5.70. The van der Waals surface area contributed by atoms with Gasteiger partial charge >= 0.3 is 0 Å². The number of hydrogen-bond acceptors (Lipinski definition) is 2. The summed E-state index contributed by atoms with van der Waals surface area (Å²) < 4.78 is 14.7. The van der Waals surface area contributed by atoms with Gasteiger partial charge in [0.15, 0.2) is 0 Å². The molecule has 1 saturated heterocycles. The van der Waals surface area contributed by atoms with Crippen LogP contribution in [-0.4, -0.2) is 15.9 Å². The Kier molecular flexibility index (Phi) is 2.33. The largest absolute Gasteiger partial charge is 0.309 e. The third-order valence-electron chi connectivity index (χ3n) is 2.94. The van der Waals surface area contributed by atoms with E-state index in [-0.39, 0.29) is 11.9 Å². The lowest BCUT2D eigenvalue weighted by molar-refractivity contribution is 0.618. The van der Waals surface area contributed by atoms with Crippen molar-refractivity contribution in [2.45, 2.75) is 18.9 Å². The Labute approximate surface area is 97.2 Å². The quantitative estimate of drug-likeness (QED) is 0.829. The summed E-state index contributed by atoms with van der Waals surface area (Å²) in [5.41, 5.74) is 1.51. The Bertz CT molecular complexity index is 531. The summed E-state index contributed by atoms with van der Waals surface area (Å²) in [5.74, 6) is -0.308. The van der Waals surface area contributed by atoms with E-state index in [1.165, 1.54) is 12.3 Å². The molecule has 2 aromatic rings. The van der Waals surface area contributed by atoms with Crippen LogP contribution in [0.15, 0.2) is 18.3 Å². The normalized spacial score (nSPS) is 20.8. The van der Waals surface area contributed by atoms with Crippen LogP contribution in [0.4, 0.5) is 4.39 Å². The third kappa shape index (κ3) is 1.49. The molecule has 5 heteroatoms. The molecular formula is C11H11ClFN3. The summed E-state index contributed by atoms with van der Waals surface area (Å²) in [6, 6.07) is 3.24. The first-order chi connectivity index (χ1) is 7.75. The standard InChI is InChI=1S/C11H11ClFN3/c12-11-10(8-2-1-5-14-8)15-9-4-3-7(13)6-16(9)11/h3-4,6,8,14H,1-2,5H2. The van der Waals surface area contributed by atoms with Crippen LogP contribution in [0.25, 0.3) is 5.65 Å². The number of nitrogens with one attached hydrogen (secondary N) is 1. The van der Waals surface area contributed by atoms with Gasteiger partial charge < -0.3 is 5.32 Å². The molecule has 3 rings (SSSR count). The highest BCUT2D eigenvalue weighted by Crippen LogP contribution is 2.29. The second-order valence-corrected chi connectivity index (χ2v) is 4.37. The highest BCUT2D eigenvalue weighted by atomic mass is 35.5. The van der Waals surface area contributed by atoms with Crippen molar-refractivity contribution in [2.75, 3.05) is 6.54 Å². The van der Waals surface area contributed by atoms with Crippen LogP contribution in [0.3, 0.4) is 0 Å². The van der Waals surface area contributed by atoms with Crippen molar-refractivity contribution in [3.63, 3.8) is 0 Å². The molecule has 3 nitrogen and oxygen atoms in total. The average Bonchev–Trinajstić information content (AvgIpc) is 2.87. The summed E-state index contributed by atoms with van der Waals surface area (Å²) in [5, 5.41) is 3.84. The van der Waals surface area contributed by atoms with Gasteiger partial charge in [-0.2, -0.15) is 0 Å². The van der Waals surface area contributed by atoms with E-state index < -0.39 is 0 Å². The fourth-order valence-electron chi connectivity index (χ4n) is 2.15. The predicted molar refractivity (Wildman–Crippen MR) is 60.1 cm³/mol. The topological polar surface area (TPSA) is 29.3 Å². The number of fused-ring (bicyclic) bond motifs is 1. The van der Waals surface area contributed by atoms with Crippen molar-refractivity contribution in [1.29, 1.82) is 0 Å². The molecule has 84 valence electrons. The number of nitrogens with zero attached hydrogens (tertiary/aromatic N) is 2. The molecule has 1 fully saturated rings. The zero-order valence-electron chi connectivity index (χ0n) is 8.58. The van der Waals surface area contributed by atoms with E-state index in [9.17, 15) is 4.39 Å². The van der Waals surface area contributed by atoms with Crippen LogP contribution in [-0.2, 0) is 0 Å². The van der Waals surface area contributed by atoms with E-state index in [1.54, 1.807) is 10.5 Å². The minimum absolute atomic E-state index is 0.204. The van der Waals surface area contributed by atoms with Crippen LogP contribution in [0.1, 0.15) is 24.6 Å². The average molecular weight is 240 g/mol. The lowest BCUT2D eigenvalue weighted by Gasteiger charge is -2.06. The van der Waals surface area contributed by atoms with Crippen LogP contribution >= 0.6 is 11.6 Å². The lowest BCUT2D eigenvalue weighted by atomic mass is 10.2. The molecule has 0 amide bonds. The number of rotatable bonds is 1. The first kappa shape index (κ1) is 10.1. The summed E-state index contributed by atoms with van der Waals surface area (Å²) in [4.78, 5) is 4.44. The zero-order valence-corrected chi connectivity index (χ0v) is 9.34. The molecule has 0 aliphatic carbocycles. The maximum absolute atomic E-state index is 13.1. The van der Waals surface area contributed by atoms with Crippen LogP contribution in [0.5, 0.6) is 0 Å². The van der Waals surface area contributed by atoms with E-state index in [0.717, 1.165) is 25.1 Å². The summed E-state index contributed by atoms with van der Waals surface area (Å²) in [6.07, 6.45) is 3.53. The lowest BCUT2D eigenvalue weighted by Crippen LogP contribution is -2.13. The molecule has 2 aromatic heterocycles. The van der Waals surface area contributed by atoms with Crippen molar-refractivity contribution < 1.29 is 4.39 Å². The molecule has 1 N–H and O–H groups in total. The van der Waals surface area contributed by atoms with E-state index in [2.05, 4.69) is 10.3 Å². The van der Waals surface area contributed by atoms with Gasteiger partial charge in [0.25, 0.3) is 0 Å². The first-order valence-electron chi connectivity index (χ1n) is 5.32. The highest BCUT2D eigenvalue weighted by molar-refractivity contribution is 6.30. The minimum Gasteiger partial charge on any atom is -0.309 e. The van der Waals surface area contributed by atoms with Gasteiger partial charge in [0.05, 0.1) is 11.7 Å². The van der Waals surface area contributed by atoms with Crippen molar-refractivity contribution in [1.82, 2.24) is 14.7 Å². The van der Waals surface area contributed by atoms with E-state index in [1.807, 2.05) is 0 Å². The van der Waals surface area contributed by atoms with Gasteiger partial charge in [0.2, 0.25) is 0 Å². The maximum atomic E-state index is 13.1. The van der Waals surface area contributed by atoms with Gasteiger partial charge in [-0.15, -0.1) is 0 Å². The molecule has 0 radical (unpaired) electrons. The number of halogens is 2. The minimum atomic E-state index is -0.308. The molecular weight excluding hydrogens is 229 g/mol. The Morgan fingerprint density at radius 2 is 2.38 bits per heavy atom. The van der Waals surface area contributed by atoms with Crippen LogP contribution in [0, 0.1) is 5.82 Å². The van der Waals surface area contributed by atoms with Crippen molar-refractivity contribution in [3.8, 4) is 0 Å². The van der Waals surface area contributed by atoms with Gasteiger partial charge in [0.1, 0.15) is 16.6 Å². The molecule has 1 atom stereocenters. The number of pyridine rings is 1. The van der Waals surface area contributed by atoms with E-state index >= 15 is 0 Å². The predicted octanol–water partition coefficient (Wildman–Crippen LogP) is 2.55. The molecule has 0 saturated carbocycles. The number of hydrogen-bond donors (Lipinski definition) is 1. The van der Waals surface area contributed by atoms with Gasteiger partial charge in [-0.3, -0.25) is 4.40 Å². The molecule has 3 heterocycles. The van der Waals surface area contributed by atoms with Gasteiger partial charge in [-0.25, -0.2) is 9.37 Å². The number of aromatic nitrogens is 2. The van der Waals surface area contributed by atoms with E-state index in [0.29, 0.717) is 10.8 Å². The second-order valence-electron chi connectivity index (χ2n) is 4.01. The van der Waals surface area contributed by atoms with Gasteiger partial charge in [-0.1, -0.05) is 11.6 Å². The number of imidazole rings is 1. The van der Waals surface area contributed by atoms with Crippen molar-refractivity contribution >= 4 is 17.2 Å². The molecule has 0 spiro atoms.